The third-order valence-corrected chi connectivity index (χ3v) is 5.41. The third kappa shape index (κ3) is 2.88. The van der Waals surface area contributed by atoms with E-state index in [0.717, 1.165) is 29.9 Å². The van der Waals surface area contributed by atoms with Gasteiger partial charge >= 0.3 is 5.97 Å². The zero-order valence-electron chi connectivity index (χ0n) is 15.6. The molecule has 1 fully saturated rings. The molecule has 0 amide bonds. The van der Waals surface area contributed by atoms with Crippen molar-refractivity contribution in [2.75, 3.05) is 26.7 Å². The number of esters is 1. The van der Waals surface area contributed by atoms with Gasteiger partial charge in [0.05, 0.1) is 23.8 Å². The summed E-state index contributed by atoms with van der Waals surface area (Å²) in [5.74, 6) is 0.476. The Morgan fingerprint density at radius 2 is 1.77 bits per heavy atom. The molecule has 0 unspecified atom stereocenters. The van der Waals surface area contributed by atoms with Crippen LogP contribution in [0.4, 0.5) is 0 Å². The normalized spacial score (nSPS) is 16.2. The molecule has 2 aromatic heterocycles. The molecule has 3 heterocycles. The number of likely N-dealkylation sites (tertiary alicyclic amines) is 1. The zero-order valence-corrected chi connectivity index (χ0v) is 15.6. The van der Waals surface area contributed by atoms with Gasteiger partial charge < -0.3 is 14.2 Å². The predicted molar refractivity (Wildman–Crippen MR) is 102 cm³/mol. The van der Waals surface area contributed by atoms with Crippen molar-refractivity contribution in [3.05, 3.63) is 35.7 Å². The molecule has 0 radical (unpaired) electrons. The van der Waals surface area contributed by atoms with E-state index in [2.05, 4.69) is 15.5 Å². The minimum Gasteiger partial charge on any atom is -0.464 e. The fourth-order valence-corrected chi connectivity index (χ4v) is 4.07. The van der Waals surface area contributed by atoms with Gasteiger partial charge in [-0.2, -0.15) is 0 Å². The molecule has 4 rings (SSSR count). The molecule has 3 aromatic rings. The van der Waals surface area contributed by atoms with Crippen LogP contribution in [0, 0.1) is 6.92 Å². The number of ether oxygens (including phenoxy) is 1. The van der Waals surface area contributed by atoms with Crippen molar-refractivity contribution in [3.8, 4) is 0 Å². The molecule has 0 N–H and O–H groups in total. The monoisotopic (exact) mass is 354 g/mol. The van der Waals surface area contributed by atoms with Crippen molar-refractivity contribution in [1.82, 2.24) is 18.9 Å². The predicted octanol–water partition coefficient (Wildman–Crippen LogP) is 3.26. The Morgan fingerprint density at radius 3 is 2.46 bits per heavy atom. The number of benzene rings is 1. The number of carbonyl (C=O) groups is 1. The summed E-state index contributed by atoms with van der Waals surface area (Å²) in [4.78, 5) is 19.6. The Hall–Kier alpha value is -2.34. The summed E-state index contributed by atoms with van der Waals surface area (Å²) in [6.45, 7) is 6.10. The smallest absolute Gasteiger partial charge is 0.357 e. The highest BCUT2D eigenvalue weighted by Crippen LogP contribution is 2.25. The van der Waals surface area contributed by atoms with Gasteiger partial charge in [0, 0.05) is 13.1 Å². The Balaban J connectivity index is 1.76. The molecule has 0 saturated carbocycles. The van der Waals surface area contributed by atoms with Gasteiger partial charge in [-0.05, 0) is 45.0 Å². The van der Waals surface area contributed by atoms with Gasteiger partial charge in [0.15, 0.2) is 5.69 Å². The van der Waals surface area contributed by atoms with Crippen LogP contribution in [0.2, 0.25) is 0 Å². The molecule has 1 aliphatic heterocycles. The van der Waals surface area contributed by atoms with Crippen molar-refractivity contribution in [1.29, 1.82) is 0 Å². The number of para-hydroxylation sites is 2. The molecule has 0 atom stereocenters. The van der Waals surface area contributed by atoms with Crippen molar-refractivity contribution >= 4 is 22.8 Å². The summed E-state index contributed by atoms with van der Waals surface area (Å²) in [5.41, 5.74) is 3.34. The van der Waals surface area contributed by atoms with E-state index >= 15 is 0 Å². The summed E-state index contributed by atoms with van der Waals surface area (Å²) in [6.07, 6.45) is 5.26. The Kier molecular flexibility index (Phi) is 4.68. The average molecular weight is 354 g/mol. The average Bonchev–Trinajstić information content (AvgIpc) is 2.99. The van der Waals surface area contributed by atoms with Crippen LogP contribution in [0.15, 0.2) is 24.3 Å². The van der Waals surface area contributed by atoms with Gasteiger partial charge in [0.2, 0.25) is 5.78 Å². The van der Waals surface area contributed by atoms with Crippen LogP contribution in [0.1, 0.15) is 41.9 Å². The standard InChI is InChI=1S/C20H26N4O2/c1-15-18(19(25)26-2)24-17-10-6-5-9-16(17)23(20(24)21-15)14-13-22-11-7-3-4-8-12-22/h5-6,9-10H,3-4,7-8,11-14H2,1-2H3. The fraction of sp³-hybridized carbons (Fsp3) is 0.500. The summed E-state index contributed by atoms with van der Waals surface area (Å²) in [5, 5.41) is 0. The maximum absolute atomic E-state index is 12.3. The highest BCUT2D eigenvalue weighted by atomic mass is 16.5. The van der Waals surface area contributed by atoms with E-state index in [1.54, 1.807) is 0 Å². The van der Waals surface area contributed by atoms with Crippen LogP contribution >= 0.6 is 0 Å². The number of hydrogen-bond donors (Lipinski definition) is 0. The van der Waals surface area contributed by atoms with Gasteiger partial charge in [-0.15, -0.1) is 0 Å². The summed E-state index contributed by atoms with van der Waals surface area (Å²) < 4.78 is 9.17. The lowest BCUT2D eigenvalue weighted by Gasteiger charge is -2.20. The van der Waals surface area contributed by atoms with E-state index in [4.69, 9.17) is 9.72 Å². The highest BCUT2D eigenvalue weighted by molar-refractivity contribution is 5.93. The van der Waals surface area contributed by atoms with Crippen LogP contribution in [-0.2, 0) is 11.3 Å². The van der Waals surface area contributed by atoms with Crippen LogP contribution in [-0.4, -0.2) is 51.6 Å². The zero-order chi connectivity index (χ0) is 18.1. The first-order chi connectivity index (χ1) is 12.7. The van der Waals surface area contributed by atoms with Crippen molar-refractivity contribution < 1.29 is 9.53 Å². The van der Waals surface area contributed by atoms with Crippen molar-refractivity contribution in [3.63, 3.8) is 0 Å². The lowest BCUT2D eigenvalue weighted by atomic mass is 10.2. The number of carbonyl (C=O) groups excluding carboxylic acids is 1. The van der Waals surface area contributed by atoms with Crippen LogP contribution in [0.5, 0.6) is 0 Å². The van der Waals surface area contributed by atoms with Gasteiger partial charge in [-0.3, -0.25) is 4.40 Å². The Bertz CT molecular complexity index is 932. The maximum atomic E-state index is 12.3. The van der Waals surface area contributed by atoms with Crippen LogP contribution < -0.4 is 0 Å². The number of fused-ring (bicyclic) bond motifs is 3. The summed E-state index contributed by atoms with van der Waals surface area (Å²) >= 11 is 0. The van der Waals surface area contributed by atoms with Crippen LogP contribution in [0.3, 0.4) is 0 Å². The second-order valence-corrected chi connectivity index (χ2v) is 7.07. The number of aryl methyl sites for hydroxylation is 1. The lowest BCUT2D eigenvalue weighted by molar-refractivity contribution is 0.0592. The minimum atomic E-state index is -0.342. The highest BCUT2D eigenvalue weighted by Gasteiger charge is 2.23. The number of methoxy groups -OCH3 is 1. The van der Waals surface area contributed by atoms with E-state index in [1.165, 1.54) is 45.9 Å². The molecular weight excluding hydrogens is 328 g/mol. The van der Waals surface area contributed by atoms with E-state index in [1.807, 2.05) is 29.5 Å². The number of rotatable bonds is 4. The van der Waals surface area contributed by atoms with Gasteiger partial charge in [-0.25, -0.2) is 9.78 Å². The second-order valence-electron chi connectivity index (χ2n) is 7.07. The Labute approximate surface area is 153 Å². The van der Waals surface area contributed by atoms with Gasteiger partial charge in [0.25, 0.3) is 0 Å². The quantitative estimate of drug-likeness (QED) is 0.675. The topological polar surface area (TPSA) is 51.8 Å². The van der Waals surface area contributed by atoms with Crippen molar-refractivity contribution in [2.45, 2.75) is 39.2 Å². The van der Waals surface area contributed by atoms with Crippen LogP contribution in [0.25, 0.3) is 16.8 Å². The molecule has 138 valence electrons. The number of hydrogen-bond acceptors (Lipinski definition) is 4. The Morgan fingerprint density at radius 1 is 1.08 bits per heavy atom. The fourth-order valence-electron chi connectivity index (χ4n) is 4.07. The first kappa shape index (κ1) is 17.1. The van der Waals surface area contributed by atoms with Crippen molar-refractivity contribution in [2.24, 2.45) is 0 Å². The molecule has 0 bridgehead atoms. The molecule has 6 nitrogen and oxygen atoms in total. The first-order valence-electron chi connectivity index (χ1n) is 9.47. The molecule has 1 aliphatic rings. The lowest BCUT2D eigenvalue weighted by Crippen LogP contribution is -2.28. The second kappa shape index (κ2) is 7.11. The largest absolute Gasteiger partial charge is 0.464 e. The number of nitrogens with zero attached hydrogens (tertiary/aromatic N) is 4. The summed E-state index contributed by atoms with van der Waals surface area (Å²) in [6, 6.07) is 8.17. The molecule has 26 heavy (non-hydrogen) atoms. The molecular formula is C20H26N4O2. The molecule has 6 heteroatoms. The minimum absolute atomic E-state index is 0.342. The van der Waals surface area contributed by atoms with Gasteiger partial charge in [-0.1, -0.05) is 25.0 Å². The SMILES string of the molecule is COC(=O)c1c(C)nc2n(CCN3CCCCCC3)c3ccccc3n12. The number of imidazole rings is 2. The molecule has 1 aromatic carbocycles. The molecule has 0 aliphatic carbocycles. The van der Waals surface area contributed by atoms with E-state index in [-0.39, 0.29) is 5.97 Å². The van der Waals surface area contributed by atoms with E-state index < -0.39 is 0 Å². The molecule has 0 spiro atoms. The number of aromatic nitrogens is 3. The maximum Gasteiger partial charge on any atom is 0.357 e. The van der Waals surface area contributed by atoms with E-state index in [0.29, 0.717) is 11.4 Å². The first-order valence-corrected chi connectivity index (χ1v) is 9.47. The van der Waals surface area contributed by atoms with E-state index in [9.17, 15) is 4.79 Å². The molecule has 1 saturated heterocycles. The van der Waals surface area contributed by atoms with Gasteiger partial charge in [0.1, 0.15) is 0 Å². The third-order valence-electron chi connectivity index (χ3n) is 5.41. The summed E-state index contributed by atoms with van der Waals surface area (Å²) in [7, 11) is 1.42.